The Kier molecular flexibility index (Phi) is 5.15. The first-order valence-electron chi connectivity index (χ1n) is 10.6. The predicted octanol–water partition coefficient (Wildman–Crippen LogP) is 6.20. The summed E-state index contributed by atoms with van der Waals surface area (Å²) >= 11 is 3.49. The smallest absolute Gasteiger partial charge is 0.282 e. The van der Waals surface area contributed by atoms with Crippen molar-refractivity contribution in [3.63, 3.8) is 0 Å². The molecule has 2 aliphatic rings. The quantitative estimate of drug-likeness (QED) is 0.422. The molecule has 1 aliphatic heterocycles. The van der Waals surface area contributed by atoms with Gasteiger partial charge in [-0.15, -0.1) is 0 Å². The molecule has 3 aromatic carbocycles. The molecule has 1 aliphatic carbocycles. The van der Waals surface area contributed by atoms with Crippen LogP contribution in [0.5, 0.6) is 0 Å². The molecule has 3 aromatic rings. The van der Waals surface area contributed by atoms with E-state index in [1.165, 1.54) is 0 Å². The van der Waals surface area contributed by atoms with Crippen molar-refractivity contribution < 1.29 is 13.2 Å². The Bertz CT molecular complexity index is 1310. The molecule has 1 fully saturated rings. The van der Waals surface area contributed by atoms with Crippen LogP contribution in [0.1, 0.15) is 48.1 Å². The Labute approximate surface area is 197 Å². The van der Waals surface area contributed by atoms with Crippen LogP contribution in [0.4, 0.5) is 0 Å². The minimum atomic E-state index is -3.87. The van der Waals surface area contributed by atoms with Gasteiger partial charge in [0.15, 0.2) is 0 Å². The summed E-state index contributed by atoms with van der Waals surface area (Å²) in [5.41, 5.74) is 4.14. The highest BCUT2D eigenvalue weighted by Gasteiger charge is 2.57. The fourth-order valence-corrected chi connectivity index (χ4v) is 6.39. The molecular formula is C26H24BrNO3S. The van der Waals surface area contributed by atoms with Gasteiger partial charge < -0.3 is 4.74 Å². The van der Waals surface area contributed by atoms with E-state index in [4.69, 9.17) is 4.74 Å². The molecule has 0 saturated carbocycles. The van der Waals surface area contributed by atoms with Gasteiger partial charge in [-0.3, -0.25) is 0 Å². The largest absolute Gasteiger partial charge is 0.366 e. The summed E-state index contributed by atoms with van der Waals surface area (Å²) in [6.07, 6.45) is -0.289. The van der Waals surface area contributed by atoms with Crippen LogP contribution < -0.4 is 0 Å². The number of ether oxygens (including phenoxy) is 1. The number of nitrogens with zero attached hydrogens (tertiary/aromatic N) is 1. The summed E-state index contributed by atoms with van der Waals surface area (Å²) in [6.45, 7) is 6.09. The van der Waals surface area contributed by atoms with E-state index in [2.05, 4.69) is 40.2 Å². The van der Waals surface area contributed by atoms with E-state index >= 15 is 0 Å². The summed E-state index contributed by atoms with van der Waals surface area (Å²) in [5, 5.41) is 0. The van der Waals surface area contributed by atoms with Crippen molar-refractivity contribution in [1.82, 2.24) is 0 Å². The van der Waals surface area contributed by atoms with Crippen molar-refractivity contribution >= 4 is 31.7 Å². The molecule has 5 rings (SSSR count). The molecule has 1 saturated heterocycles. The number of hydrogen-bond donors (Lipinski definition) is 0. The summed E-state index contributed by atoms with van der Waals surface area (Å²) in [7, 11) is -3.87. The highest BCUT2D eigenvalue weighted by Crippen LogP contribution is 2.58. The van der Waals surface area contributed by atoms with Crippen LogP contribution in [-0.4, -0.2) is 19.7 Å². The normalized spacial score (nSPS) is 25.0. The summed E-state index contributed by atoms with van der Waals surface area (Å²) in [4.78, 5) is 0.204. The molecule has 3 atom stereocenters. The predicted molar refractivity (Wildman–Crippen MR) is 130 cm³/mol. The highest BCUT2D eigenvalue weighted by molar-refractivity contribution is 9.10. The molecule has 0 amide bonds. The van der Waals surface area contributed by atoms with Crippen molar-refractivity contribution in [3.8, 4) is 0 Å². The van der Waals surface area contributed by atoms with Gasteiger partial charge in [0.1, 0.15) is 0 Å². The zero-order valence-corrected chi connectivity index (χ0v) is 20.5. The molecule has 1 heterocycles. The third-order valence-electron chi connectivity index (χ3n) is 6.49. The van der Waals surface area contributed by atoms with Crippen molar-refractivity contribution in [2.75, 3.05) is 0 Å². The summed E-state index contributed by atoms with van der Waals surface area (Å²) < 4.78 is 38.6. The first-order valence-corrected chi connectivity index (χ1v) is 12.8. The van der Waals surface area contributed by atoms with E-state index < -0.39 is 15.6 Å². The maximum Gasteiger partial charge on any atom is 0.282 e. The van der Waals surface area contributed by atoms with Crippen molar-refractivity contribution in [3.05, 3.63) is 99.5 Å². The molecule has 32 heavy (non-hydrogen) atoms. The number of sulfonamides is 1. The van der Waals surface area contributed by atoms with E-state index in [1.54, 1.807) is 24.3 Å². The number of hydrogen-bond acceptors (Lipinski definition) is 3. The van der Waals surface area contributed by atoms with Gasteiger partial charge in [0.05, 0.1) is 22.3 Å². The van der Waals surface area contributed by atoms with Crippen LogP contribution in [0.2, 0.25) is 0 Å². The Hall–Kier alpha value is -2.28. The van der Waals surface area contributed by atoms with Crippen LogP contribution in [0, 0.1) is 12.8 Å². The lowest BCUT2D eigenvalue weighted by molar-refractivity contribution is -0.0248. The first-order chi connectivity index (χ1) is 15.2. The zero-order valence-electron chi connectivity index (χ0n) is 18.1. The monoisotopic (exact) mass is 509 g/mol. The second-order valence-electron chi connectivity index (χ2n) is 9.05. The Balaban J connectivity index is 1.69. The minimum Gasteiger partial charge on any atom is -0.366 e. The third-order valence-corrected chi connectivity index (χ3v) is 8.32. The lowest BCUT2D eigenvalue weighted by atomic mass is 9.79. The minimum absolute atomic E-state index is 0.0133. The van der Waals surface area contributed by atoms with E-state index in [1.807, 2.05) is 49.4 Å². The van der Waals surface area contributed by atoms with E-state index in [0.717, 1.165) is 26.7 Å². The first kappa shape index (κ1) is 21.6. The second kappa shape index (κ2) is 7.65. The van der Waals surface area contributed by atoms with Gasteiger partial charge in [-0.25, -0.2) is 0 Å². The van der Waals surface area contributed by atoms with Crippen molar-refractivity contribution in [2.24, 2.45) is 10.3 Å². The Morgan fingerprint density at radius 1 is 0.938 bits per heavy atom. The van der Waals surface area contributed by atoms with Crippen molar-refractivity contribution in [1.29, 1.82) is 0 Å². The molecule has 4 nitrogen and oxygen atoms in total. The molecular weight excluding hydrogens is 486 g/mol. The molecule has 164 valence electrons. The number of aryl methyl sites for hydroxylation is 1. The Morgan fingerprint density at radius 3 is 2.28 bits per heavy atom. The average molecular weight is 510 g/mol. The fourth-order valence-electron chi connectivity index (χ4n) is 5.06. The molecule has 0 unspecified atom stereocenters. The highest BCUT2D eigenvalue weighted by atomic mass is 79.9. The summed E-state index contributed by atoms with van der Waals surface area (Å²) in [6, 6.07) is 22.9. The van der Waals surface area contributed by atoms with Gasteiger partial charge in [0.2, 0.25) is 0 Å². The van der Waals surface area contributed by atoms with Gasteiger partial charge in [-0.1, -0.05) is 70.0 Å². The number of fused-ring (bicyclic) bond motifs is 3. The van der Waals surface area contributed by atoms with E-state index in [0.29, 0.717) is 5.71 Å². The van der Waals surface area contributed by atoms with Crippen molar-refractivity contribution in [2.45, 2.75) is 43.3 Å². The van der Waals surface area contributed by atoms with Crippen LogP contribution in [0.15, 0.2) is 86.6 Å². The van der Waals surface area contributed by atoms with E-state index in [-0.39, 0.29) is 22.8 Å². The average Bonchev–Trinajstić information content (AvgIpc) is 3.22. The van der Waals surface area contributed by atoms with Gasteiger partial charge in [-0.05, 0) is 56.2 Å². The molecule has 6 heteroatoms. The van der Waals surface area contributed by atoms with Gasteiger partial charge in [0, 0.05) is 21.9 Å². The standard InChI is InChI=1S/C26H24BrNO3S/c1-16-8-14-19(15-9-16)32(29,30)28-24-21-7-5-4-6-20(21)23-22(24)25(31-26(23,2)3)17-10-12-18(27)13-11-17/h4-15,22-23,25H,1-3H3/b28-24-/t22-,23-,25+/m0/s1. The number of rotatable bonds is 3. The lowest BCUT2D eigenvalue weighted by Gasteiger charge is -2.26. The maximum absolute atomic E-state index is 13.3. The number of benzene rings is 3. The summed E-state index contributed by atoms with van der Waals surface area (Å²) in [5.74, 6) is -0.178. The van der Waals surface area contributed by atoms with Gasteiger partial charge in [0.25, 0.3) is 10.0 Å². The molecule has 0 aromatic heterocycles. The topological polar surface area (TPSA) is 55.7 Å². The van der Waals surface area contributed by atoms with Crippen LogP contribution in [0.3, 0.4) is 0 Å². The van der Waals surface area contributed by atoms with Crippen LogP contribution in [0.25, 0.3) is 0 Å². The molecule has 0 bridgehead atoms. The fraction of sp³-hybridized carbons (Fsp3) is 0.269. The van der Waals surface area contributed by atoms with Crippen LogP contribution >= 0.6 is 15.9 Å². The van der Waals surface area contributed by atoms with E-state index in [9.17, 15) is 8.42 Å². The lowest BCUT2D eigenvalue weighted by Crippen LogP contribution is -2.26. The van der Waals surface area contributed by atoms with Gasteiger partial charge >= 0.3 is 0 Å². The SMILES string of the molecule is Cc1ccc(S(=O)(=O)/N=C2/c3ccccc3[C@H]3[C@@H]2[C@@H](c2ccc(Br)cc2)OC3(C)C)cc1. The zero-order chi connectivity index (χ0) is 22.7. The molecule has 0 radical (unpaired) electrons. The van der Waals surface area contributed by atoms with Gasteiger partial charge in [-0.2, -0.15) is 12.8 Å². The maximum atomic E-state index is 13.3. The molecule has 0 spiro atoms. The molecule has 0 N–H and O–H groups in total. The number of halogens is 1. The third kappa shape index (κ3) is 3.54. The second-order valence-corrected chi connectivity index (χ2v) is 11.6. The van der Waals surface area contributed by atoms with Crippen LogP contribution in [-0.2, 0) is 14.8 Å². The Morgan fingerprint density at radius 2 is 1.59 bits per heavy atom.